The highest BCUT2D eigenvalue weighted by Gasteiger charge is 2.33. The van der Waals surface area contributed by atoms with Crippen LogP contribution in [0.15, 0.2) is 77.7 Å². The van der Waals surface area contributed by atoms with Gasteiger partial charge in [-0.2, -0.15) is 13.2 Å². The number of piperidine rings is 1. The molecule has 6 rings (SSSR count). The molecule has 4 heterocycles. The Balaban J connectivity index is 1.28. The molecule has 1 unspecified atom stereocenters. The van der Waals surface area contributed by atoms with Crippen LogP contribution in [0.1, 0.15) is 53.7 Å². The first kappa shape index (κ1) is 25.9. The summed E-state index contributed by atoms with van der Waals surface area (Å²) in [6.45, 7) is 2.81. The predicted octanol–water partition coefficient (Wildman–Crippen LogP) is 5.69. The van der Waals surface area contributed by atoms with E-state index in [4.69, 9.17) is 0 Å². The number of para-hydroxylation sites is 2. The van der Waals surface area contributed by atoms with Gasteiger partial charge in [-0.25, -0.2) is 9.78 Å². The summed E-state index contributed by atoms with van der Waals surface area (Å²) in [5.41, 5.74) is 3.32. The topological polar surface area (TPSA) is 75.4 Å². The van der Waals surface area contributed by atoms with Gasteiger partial charge in [0.1, 0.15) is 5.65 Å². The number of hydrogen-bond donors (Lipinski definition) is 1. The Morgan fingerprint density at radius 2 is 1.80 bits per heavy atom. The molecule has 0 radical (unpaired) electrons. The number of nitrogens with one attached hydrogen (secondary N) is 1. The standard InChI is InChI=1S/C30H28F3N5O2/c1-19-6-4-11-27-34-18-26(37(19)27)23(20-7-5-8-21(16-20)30(31,32)33)17-28(39)36-14-12-22(13-15-36)38-25-10-3-2-9-24(25)35-29(38)40/h2-11,16,18,22-23H,12-15,17H2,1H3,(H,35,40). The van der Waals surface area contributed by atoms with Crippen LogP contribution in [0.5, 0.6) is 0 Å². The summed E-state index contributed by atoms with van der Waals surface area (Å²) in [4.78, 5) is 35.4. The van der Waals surface area contributed by atoms with Crippen molar-refractivity contribution in [3.05, 3.63) is 106 Å². The van der Waals surface area contributed by atoms with Gasteiger partial charge in [0.05, 0.1) is 22.3 Å². The Labute approximate surface area is 227 Å². The molecule has 1 aliphatic heterocycles. The van der Waals surface area contributed by atoms with E-state index >= 15 is 0 Å². The van der Waals surface area contributed by atoms with E-state index in [-0.39, 0.29) is 24.1 Å². The zero-order valence-corrected chi connectivity index (χ0v) is 21.9. The summed E-state index contributed by atoms with van der Waals surface area (Å²) in [5, 5.41) is 0. The number of nitrogens with zero attached hydrogens (tertiary/aromatic N) is 4. The Morgan fingerprint density at radius 3 is 2.58 bits per heavy atom. The lowest BCUT2D eigenvalue weighted by atomic mass is 9.90. The van der Waals surface area contributed by atoms with Gasteiger partial charge in [0, 0.05) is 43.4 Å². The number of pyridine rings is 1. The van der Waals surface area contributed by atoms with Gasteiger partial charge in [0.2, 0.25) is 5.91 Å². The number of carbonyl (C=O) groups excluding carboxylic acids is 1. The number of rotatable bonds is 5. The van der Waals surface area contributed by atoms with Gasteiger partial charge in [-0.3, -0.25) is 9.36 Å². The van der Waals surface area contributed by atoms with Crippen LogP contribution in [-0.4, -0.2) is 42.8 Å². The van der Waals surface area contributed by atoms with Crippen molar-refractivity contribution in [2.24, 2.45) is 0 Å². The molecule has 5 aromatic rings. The van der Waals surface area contributed by atoms with Crippen molar-refractivity contribution < 1.29 is 18.0 Å². The minimum Gasteiger partial charge on any atom is -0.343 e. The average molecular weight is 548 g/mol. The second-order valence-corrected chi connectivity index (χ2v) is 10.4. The van der Waals surface area contributed by atoms with E-state index in [0.29, 0.717) is 42.8 Å². The molecule has 0 saturated carbocycles. The maximum absolute atomic E-state index is 13.7. The van der Waals surface area contributed by atoms with Crippen molar-refractivity contribution >= 4 is 22.6 Å². The maximum atomic E-state index is 13.7. The largest absolute Gasteiger partial charge is 0.416 e. The van der Waals surface area contributed by atoms with Gasteiger partial charge in [-0.1, -0.05) is 36.4 Å². The Hall–Kier alpha value is -4.34. The Morgan fingerprint density at radius 1 is 1.05 bits per heavy atom. The number of amides is 1. The first-order valence-electron chi connectivity index (χ1n) is 13.3. The molecule has 7 nitrogen and oxygen atoms in total. The zero-order chi connectivity index (χ0) is 28.0. The number of fused-ring (bicyclic) bond motifs is 2. The second kappa shape index (κ2) is 10.0. The SMILES string of the molecule is Cc1cccc2ncc(C(CC(=O)N3CCC(n4c(=O)[nH]c5ccccc54)CC3)c3cccc(C(F)(F)F)c3)n12. The van der Waals surface area contributed by atoms with Crippen LogP contribution in [0.4, 0.5) is 13.2 Å². The minimum absolute atomic E-state index is 0.00113. The maximum Gasteiger partial charge on any atom is 0.416 e. The molecule has 0 bridgehead atoms. The van der Waals surface area contributed by atoms with Crippen molar-refractivity contribution in [2.75, 3.05) is 13.1 Å². The highest BCUT2D eigenvalue weighted by Crippen LogP contribution is 2.36. The number of halogens is 3. The third kappa shape index (κ3) is 4.67. The number of aromatic nitrogens is 4. The molecule has 206 valence electrons. The number of benzene rings is 2. The third-order valence-electron chi connectivity index (χ3n) is 7.91. The molecule has 1 fully saturated rings. The van der Waals surface area contributed by atoms with E-state index < -0.39 is 17.7 Å². The lowest BCUT2D eigenvalue weighted by Gasteiger charge is -2.33. The number of aromatic amines is 1. The highest BCUT2D eigenvalue weighted by atomic mass is 19.4. The van der Waals surface area contributed by atoms with Crippen molar-refractivity contribution in [3.8, 4) is 0 Å². The Kier molecular flexibility index (Phi) is 6.48. The van der Waals surface area contributed by atoms with Gasteiger partial charge in [-0.15, -0.1) is 0 Å². The smallest absolute Gasteiger partial charge is 0.343 e. The van der Waals surface area contributed by atoms with Crippen LogP contribution in [-0.2, 0) is 11.0 Å². The predicted molar refractivity (Wildman–Crippen MR) is 145 cm³/mol. The molecule has 1 saturated heterocycles. The van der Waals surface area contributed by atoms with Crippen LogP contribution in [0, 0.1) is 6.92 Å². The van der Waals surface area contributed by atoms with E-state index in [9.17, 15) is 22.8 Å². The van der Waals surface area contributed by atoms with Crippen LogP contribution >= 0.6 is 0 Å². The van der Waals surface area contributed by atoms with Crippen molar-refractivity contribution in [1.29, 1.82) is 0 Å². The molecule has 0 spiro atoms. The fraction of sp³-hybridized carbons (Fsp3) is 0.300. The molecule has 1 aliphatic rings. The molecular formula is C30H28F3N5O2. The van der Waals surface area contributed by atoms with Crippen LogP contribution in [0.3, 0.4) is 0 Å². The zero-order valence-electron chi connectivity index (χ0n) is 21.9. The highest BCUT2D eigenvalue weighted by molar-refractivity contribution is 5.78. The molecule has 1 N–H and O–H groups in total. The van der Waals surface area contributed by atoms with E-state index in [1.54, 1.807) is 21.7 Å². The Bertz CT molecular complexity index is 1760. The number of hydrogen-bond acceptors (Lipinski definition) is 3. The summed E-state index contributed by atoms with van der Waals surface area (Å²) in [6, 6.07) is 18.3. The number of H-pyrrole nitrogens is 1. The summed E-state index contributed by atoms with van der Waals surface area (Å²) in [6.07, 6.45) is -1.63. The van der Waals surface area contributed by atoms with Gasteiger partial charge in [-0.05, 0) is 55.7 Å². The second-order valence-electron chi connectivity index (χ2n) is 10.4. The molecule has 40 heavy (non-hydrogen) atoms. The normalized spacial score (nSPS) is 15.7. The summed E-state index contributed by atoms with van der Waals surface area (Å²) < 4.78 is 44.5. The fourth-order valence-electron chi connectivity index (χ4n) is 5.91. The fourth-order valence-corrected chi connectivity index (χ4v) is 5.91. The van der Waals surface area contributed by atoms with Crippen LogP contribution < -0.4 is 5.69 Å². The van der Waals surface area contributed by atoms with Crippen molar-refractivity contribution in [3.63, 3.8) is 0 Å². The van der Waals surface area contributed by atoms with Crippen molar-refractivity contribution in [1.82, 2.24) is 23.8 Å². The quantitative estimate of drug-likeness (QED) is 0.307. The number of alkyl halides is 3. The molecule has 1 amide bonds. The van der Waals surface area contributed by atoms with E-state index in [0.717, 1.165) is 28.9 Å². The van der Waals surface area contributed by atoms with Crippen LogP contribution in [0.25, 0.3) is 16.7 Å². The molecule has 1 atom stereocenters. The summed E-state index contributed by atoms with van der Waals surface area (Å²) >= 11 is 0. The summed E-state index contributed by atoms with van der Waals surface area (Å²) in [7, 11) is 0. The molecular weight excluding hydrogens is 519 g/mol. The van der Waals surface area contributed by atoms with E-state index in [1.165, 1.54) is 6.07 Å². The minimum atomic E-state index is -4.50. The molecule has 2 aromatic carbocycles. The molecule has 10 heteroatoms. The van der Waals surface area contributed by atoms with Gasteiger partial charge in [0.15, 0.2) is 0 Å². The molecule has 0 aliphatic carbocycles. The van der Waals surface area contributed by atoms with E-state index in [1.807, 2.05) is 53.8 Å². The number of aryl methyl sites for hydroxylation is 1. The monoisotopic (exact) mass is 547 g/mol. The first-order chi connectivity index (χ1) is 19.2. The summed E-state index contributed by atoms with van der Waals surface area (Å²) in [5.74, 6) is -0.768. The van der Waals surface area contributed by atoms with Crippen LogP contribution in [0.2, 0.25) is 0 Å². The van der Waals surface area contributed by atoms with E-state index in [2.05, 4.69) is 9.97 Å². The lowest BCUT2D eigenvalue weighted by molar-refractivity contribution is -0.137. The number of likely N-dealkylation sites (tertiary alicyclic amines) is 1. The van der Waals surface area contributed by atoms with Gasteiger partial charge >= 0.3 is 11.9 Å². The van der Waals surface area contributed by atoms with Crippen molar-refractivity contribution in [2.45, 2.75) is 44.3 Å². The van der Waals surface area contributed by atoms with Gasteiger partial charge < -0.3 is 14.3 Å². The average Bonchev–Trinajstić information content (AvgIpc) is 3.52. The lowest BCUT2D eigenvalue weighted by Crippen LogP contribution is -2.41. The molecule has 3 aromatic heterocycles. The number of imidazole rings is 2. The number of carbonyl (C=O) groups is 1. The third-order valence-corrected chi connectivity index (χ3v) is 7.91. The first-order valence-corrected chi connectivity index (χ1v) is 13.3. The van der Waals surface area contributed by atoms with Gasteiger partial charge in [0.25, 0.3) is 0 Å².